The van der Waals surface area contributed by atoms with Gasteiger partial charge in [0.2, 0.25) is 0 Å². The first-order valence-electron chi connectivity index (χ1n) is 4.72. The number of H-pyrrole nitrogens is 1. The van der Waals surface area contributed by atoms with Crippen LogP contribution in [-0.2, 0) is 0 Å². The summed E-state index contributed by atoms with van der Waals surface area (Å²) in [6.45, 7) is 5.97. The molecule has 1 heterocycles. The molecule has 0 amide bonds. The highest BCUT2D eigenvalue weighted by atomic mass is 16.1. The molecule has 2 rings (SSSR count). The molecule has 0 unspecified atom stereocenters. The number of aryl methyl sites for hydroxylation is 1. The molecule has 0 atom stereocenters. The lowest BCUT2D eigenvalue weighted by molar-refractivity contribution is 1.21. The zero-order chi connectivity index (χ0) is 10.6. The second-order valence-corrected chi connectivity index (χ2v) is 2.72. The van der Waals surface area contributed by atoms with Crippen molar-refractivity contribution in [1.82, 2.24) is 9.97 Å². The van der Waals surface area contributed by atoms with E-state index in [-0.39, 0.29) is 5.56 Å². The van der Waals surface area contributed by atoms with Gasteiger partial charge in [0.15, 0.2) is 0 Å². The SMILES string of the molecule is CC.Cc1cccc2[nH]c(=O)cnc12. The number of hydrogen-bond donors (Lipinski definition) is 1. The smallest absolute Gasteiger partial charge is 0.266 e. The van der Waals surface area contributed by atoms with Gasteiger partial charge in [0, 0.05) is 0 Å². The van der Waals surface area contributed by atoms with E-state index in [1.54, 1.807) is 0 Å². The van der Waals surface area contributed by atoms with Crippen LogP contribution in [0, 0.1) is 6.92 Å². The van der Waals surface area contributed by atoms with Crippen molar-refractivity contribution in [3.63, 3.8) is 0 Å². The fourth-order valence-corrected chi connectivity index (χ4v) is 1.22. The number of nitrogens with one attached hydrogen (secondary N) is 1. The van der Waals surface area contributed by atoms with Crippen LogP contribution in [0.1, 0.15) is 19.4 Å². The van der Waals surface area contributed by atoms with E-state index in [9.17, 15) is 4.79 Å². The zero-order valence-corrected chi connectivity index (χ0v) is 8.66. The average molecular weight is 190 g/mol. The van der Waals surface area contributed by atoms with Gasteiger partial charge in [0.05, 0.1) is 17.2 Å². The molecule has 74 valence electrons. The van der Waals surface area contributed by atoms with E-state index in [4.69, 9.17) is 0 Å². The first kappa shape index (κ1) is 10.4. The van der Waals surface area contributed by atoms with Crippen molar-refractivity contribution in [2.45, 2.75) is 20.8 Å². The summed E-state index contributed by atoms with van der Waals surface area (Å²) in [4.78, 5) is 17.6. The highest BCUT2D eigenvalue weighted by Gasteiger charge is 1.96. The van der Waals surface area contributed by atoms with Crippen molar-refractivity contribution < 1.29 is 0 Å². The van der Waals surface area contributed by atoms with Crippen LogP contribution in [0.2, 0.25) is 0 Å². The molecule has 0 aliphatic heterocycles. The van der Waals surface area contributed by atoms with Gasteiger partial charge in [0.25, 0.3) is 5.56 Å². The minimum Gasteiger partial charge on any atom is -0.319 e. The summed E-state index contributed by atoms with van der Waals surface area (Å²) in [6.07, 6.45) is 1.30. The van der Waals surface area contributed by atoms with Crippen LogP contribution in [0.4, 0.5) is 0 Å². The third-order valence-electron chi connectivity index (χ3n) is 1.81. The second kappa shape index (κ2) is 4.56. The van der Waals surface area contributed by atoms with E-state index in [1.165, 1.54) is 6.20 Å². The zero-order valence-electron chi connectivity index (χ0n) is 8.66. The molecule has 14 heavy (non-hydrogen) atoms. The Balaban J connectivity index is 0.000000461. The van der Waals surface area contributed by atoms with Gasteiger partial charge in [-0.25, -0.2) is 4.98 Å². The van der Waals surface area contributed by atoms with Crippen molar-refractivity contribution >= 4 is 11.0 Å². The summed E-state index contributed by atoms with van der Waals surface area (Å²) >= 11 is 0. The Morgan fingerprint density at radius 3 is 2.71 bits per heavy atom. The number of fused-ring (bicyclic) bond motifs is 1. The minimum atomic E-state index is -0.159. The molecule has 1 N–H and O–H groups in total. The minimum absolute atomic E-state index is 0.159. The third-order valence-corrected chi connectivity index (χ3v) is 1.81. The van der Waals surface area contributed by atoms with Gasteiger partial charge >= 0.3 is 0 Å². The van der Waals surface area contributed by atoms with Crippen molar-refractivity contribution in [3.05, 3.63) is 40.3 Å². The average Bonchev–Trinajstić information content (AvgIpc) is 2.21. The largest absolute Gasteiger partial charge is 0.319 e. The maximum absolute atomic E-state index is 10.9. The van der Waals surface area contributed by atoms with Crippen LogP contribution in [0.15, 0.2) is 29.2 Å². The molecule has 0 aliphatic carbocycles. The Morgan fingerprint density at radius 1 is 1.29 bits per heavy atom. The normalized spacial score (nSPS) is 9.36. The quantitative estimate of drug-likeness (QED) is 0.692. The van der Waals surface area contributed by atoms with Crippen molar-refractivity contribution in [1.29, 1.82) is 0 Å². The summed E-state index contributed by atoms with van der Waals surface area (Å²) in [5.41, 5.74) is 2.57. The topological polar surface area (TPSA) is 45.8 Å². The molecule has 0 saturated carbocycles. The number of nitrogens with zero attached hydrogens (tertiary/aromatic N) is 1. The first-order valence-corrected chi connectivity index (χ1v) is 4.72. The molecular formula is C11H14N2O. The lowest BCUT2D eigenvalue weighted by Crippen LogP contribution is -2.05. The molecule has 0 aliphatic rings. The van der Waals surface area contributed by atoms with E-state index < -0.39 is 0 Å². The van der Waals surface area contributed by atoms with E-state index in [2.05, 4.69) is 9.97 Å². The van der Waals surface area contributed by atoms with Crippen molar-refractivity contribution in [2.75, 3.05) is 0 Å². The molecule has 1 aromatic carbocycles. The molecule has 0 fully saturated rings. The van der Waals surface area contributed by atoms with Crippen molar-refractivity contribution in [3.8, 4) is 0 Å². The Morgan fingerprint density at radius 2 is 2.00 bits per heavy atom. The summed E-state index contributed by atoms with van der Waals surface area (Å²) in [5, 5.41) is 0. The van der Waals surface area contributed by atoms with Crippen LogP contribution < -0.4 is 5.56 Å². The maximum atomic E-state index is 10.9. The molecule has 1 aromatic heterocycles. The van der Waals surface area contributed by atoms with Crippen LogP contribution in [0.5, 0.6) is 0 Å². The fourth-order valence-electron chi connectivity index (χ4n) is 1.22. The lowest BCUT2D eigenvalue weighted by atomic mass is 10.2. The molecule has 0 saturated heterocycles. The molecule has 0 bridgehead atoms. The molecule has 3 nitrogen and oxygen atoms in total. The molecule has 0 radical (unpaired) electrons. The van der Waals surface area contributed by atoms with Gasteiger partial charge in [-0.2, -0.15) is 0 Å². The van der Waals surface area contributed by atoms with Crippen molar-refractivity contribution in [2.24, 2.45) is 0 Å². The highest BCUT2D eigenvalue weighted by molar-refractivity contribution is 5.76. The Bertz CT molecular complexity index is 474. The van der Waals surface area contributed by atoms with E-state index in [0.29, 0.717) is 0 Å². The van der Waals surface area contributed by atoms with E-state index in [0.717, 1.165) is 16.6 Å². The standard InChI is InChI=1S/C9H8N2O.C2H6/c1-6-3-2-4-7-9(6)10-5-8(12)11-7;1-2/h2-5H,1H3,(H,11,12);1-2H3. The van der Waals surface area contributed by atoms with Gasteiger partial charge in [-0.1, -0.05) is 26.0 Å². The molecule has 3 heteroatoms. The van der Waals surface area contributed by atoms with Crippen LogP contribution in [0.3, 0.4) is 0 Å². The van der Waals surface area contributed by atoms with E-state index in [1.807, 2.05) is 39.0 Å². The lowest BCUT2D eigenvalue weighted by Gasteiger charge is -1.97. The predicted molar refractivity (Wildman–Crippen MR) is 58.4 cm³/mol. The summed E-state index contributed by atoms with van der Waals surface area (Å²) in [5.74, 6) is 0. The van der Waals surface area contributed by atoms with Gasteiger partial charge < -0.3 is 4.98 Å². The number of benzene rings is 1. The van der Waals surface area contributed by atoms with E-state index >= 15 is 0 Å². The van der Waals surface area contributed by atoms with Gasteiger partial charge in [-0.05, 0) is 18.6 Å². The van der Waals surface area contributed by atoms with Gasteiger partial charge in [-0.3, -0.25) is 4.79 Å². The van der Waals surface area contributed by atoms with Gasteiger partial charge in [-0.15, -0.1) is 0 Å². The molecule has 0 spiro atoms. The van der Waals surface area contributed by atoms with Crippen LogP contribution >= 0.6 is 0 Å². The number of hydrogen-bond acceptors (Lipinski definition) is 2. The molecular weight excluding hydrogens is 176 g/mol. The van der Waals surface area contributed by atoms with Crippen LogP contribution in [-0.4, -0.2) is 9.97 Å². The van der Waals surface area contributed by atoms with Gasteiger partial charge in [0.1, 0.15) is 0 Å². The Labute approximate surface area is 82.8 Å². The summed E-state index contributed by atoms with van der Waals surface area (Å²) in [6, 6.07) is 5.71. The third kappa shape index (κ3) is 1.99. The van der Waals surface area contributed by atoms with Crippen LogP contribution in [0.25, 0.3) is 11.0 Å². The number of rotatable bonds is 0. The summed E-state index contributed by atoms with van der Waals surface area (Å²) in [7, 11) is 0. The monoisotopic (exact) mass is 190 g/mol. The first-order chi connectivity index (χ1) is 6.77. The summed E-state index contributed by atoms with van der Waals surface area (Å²) < 4.78 is 0. The second-order valence-electron chi connectivity index (χ2n) is 2.72. The predicted octanol–water partition coefficient (Wildman–Crippen LogP) is 2.26. The Hall–Kier alpha value is -1.64. The number of aromatic amines is 1. The fraction of sp³-hybridized carbons (Fsp3) is 0.273. The number of para-hydroxylation sites is 1. The number of aromatic nitrogens is 2. The maximum Gasteiger partial charge on any atom is 0.266 e. The Kier molecular flexibility index (Phi) is 3.40. The molecule has 2 aromatic rings. The highest BCUT2D eigenvalue weighted by Crippen LogP contribution is 2.10.